The number of nitrogens with one attached hydrogen (secondary N) is 2. The molecule has 8 heteroatoms. The van der Waals surface area contributed by atoms with Crippen molar-refractivity contribution in [3.63, 3.8) is 0 Å². The number of carbonyl (C=O) groups is 1. The summed E-state index contributed by atoms with van der Waals surface area (Å²) in [5, 5.41) is 14.1. The number of methoxy groups -OCH3 is 2. The van der Waals surface area contributed by atoms with E-state index in [2.05, 4.69) is 20.9 Å². The molecule has 0 fully saturated rings. The van der Waals surface area contributed by atoms with Crippen molar-refractivity contribution in [3.05, 3.63) is 84.6 Å². The van der Waals surface area contributed by atoms with Gasteiger partial charge in [-0.25, -0.2) is 9.48 Å². The second-order valence-electron chi connectivity index (χ2n) is 6.96. The summed E-state index contributed by atoms with van der Waals surface area (Å²) >= 11 is 0. The lowest BCUT2D eigenvalue weighted by molar-refractivity contribution is 0.251. The minimum atomic E-state index is -0.266. The van der Waals surface area contributed by atoms with E-state index in [0.717, 1.165) is 16.8 Å². The van der Waals surface area contributed by atoms with Gasteiger partial charge in [-0.1, -0.05) is 35.5 Å². The lowest BCUT2D eigenvalue weighted by atomic mass is 10.1. The summed E-state index contributed by atoms with van der Waals surface area (Å²) in [6, 6.07) is 22.4. The largest absolute Gasteiger partial charge is 0.493 e. The molecule has 1 heterocycles. The van der Waals surface area contributed by atoms with Gasteiger partial charge in [-0.15, -0.1) is 5.10 Å². The lowest BCUT2D eigenvalue weighted by Gasteiger charge is -2.08. The zero-order valence-electron chi connectivity index (χ0n) is 17.8. The standard InChI is InChI=1S/C24H23N5O3/c1-31-22-13-8-18(14-23(22)32-2)21-16-29(28-27-21)20-11-9-19(10-12-20)26-24(30)25-15-17-6-4-3-5-7-17/h3-14,16H,15H2,1-2H3,(H2,25,26,30). The first kappa shape index (κ1) is 20.9. The Labute approximate surface area is 185 Å². The normalized spacial score (nSPS) is 10.4. The van der Waals surface area contributed by atoms with Gasteiger partial charge in [-0.05, 0) is 48.0 Å². The van der Waals surface area contributed by atoms with Crippen LogP contribution in [0.4, 0.5) is 10.5 Å². The molecule has 2 amide bonds. The highest BCUT2D eigenvalue weighted by molar-refractivity contribution is 5.89. The van der Waals surface area contributed by atoms with Crippen LogP contribution in [0.15, 0.2) is 79.0 Å². The number of amides is 2. The van der Waals surface area contributed by atoms with Crippen LogP contribution in [0.1, 0.15) is 5.56 Å². The van der Waals surface area contributed by atoms with E-state index in [1.54, 1.807) is 18.9 Å². The van der Waals surface area contributed by atoms with Crippen LogP contribution >= 0.6 is 0 Å². The molecule has 0 saturated carbocycles. The summed E-state index contributed by atoms with van der Waals surface area (Å²) in [5.41, 5.74) is 4.10. The fourth-order valence-corrected chi connectivity index (χ4v) is 3.17. The van der Waals surface area contributed by atoms with Gasteiger partial charge < -0.3 is 20.1 Å². The van der Waals surface area contributed by atoms with E-state index >= 15 is 0 Å². The summed E-state index contributed by atoms with van der Waals surface area (Å²) in [6.07, 6.45) is 1.83. The second-order valence-corrected chi connectivity index (χ2v) is 6.96. The molecular formula is C24H23N5O3. The number of urea groups is 1. The van der Waals surface area contributed by atoms with Gasteiger partial charge in [0.2, 0.25) is 0 Å². The van der Waals surface area contributed by atoms with Crippen molar-refractivity contribution in [3.8, 4) is 28.4 Å². The van der Waals surface area contributed by atoms with Crippen LogP contribution in [-0.2, 0) is 6.54 Å². The van der Waals surface area contributed by atoms with Crippen LogP contribution in [0.25, 0.3) is 16.9 Å². The van der Waals surface area contributed by atoms with Crippen molar-refractivity contribution in [1.29, 1.82) is 0 Å². The maximum absolute atomic E-state index is 12.1. The number of aromatic nitrogens is 3. The predicted molar refractivity (Wildman–Crippen MR) is 122 cm³/mol. The van der Waals surface area contributed by atoms with Crippen molar-refractivity contribution in [2.24, 2.45) is 0 Å². The topological polar surface area (TPSA) is 90.3 Å². The van der Waals surface area contributed by atoms with E-state index in [0.29, 0.717) is 29.4 Å². The molecule has 0 atom stereocenters. The van der Waals surface area contributed by atoms with Crippen LogP contribution in [0.3, 0.4) is 0 Å². The van der Waals surface area contributed by atoms with E-state index < -0.39 is 0 Å². The Morgan fingerprint density at radius 2 is 1.69 bits per heavy atom. The van der Waals surface area contributed by atoms with E-state index in [1.807, 2.05) is 79.0 Å². The molecule has 0 aliphatic rings. The van der Waals surface area contributed by atoms with E-state index in [9.17, 15) is 4.79 Å². The maximum Gasteiger partial charge on any atom is 0.319 e. The van der Waals surface area contributed by atoms with Crippen LogP contribution in [0.2, 0.25) is 0 Å². The van der Waals surface area contributed by atoms with Crippen LogP contribution < -0.4 is 20.1 Å². The molecule has 3 aromatic carbocycles. The average Bonchev–Trinajstić information content (AvgIpc) is 3.34. The Morgan fingerprint density at radius 1 is 0.938 bits per heavy atom. The third-order valence-corrected chi connectivity index (χ3v) is 4.86. The van der Waals surface area contributed by atoms with E-state index in [1.165, 1.54) is 0 Å². The Bertz CT molecular complexity index is 1190. The van der Waals surface area contributed by atoms with Gasteiger partial charge in [0, 0.05) is 17.8 Å². The van der Waals surface area contributed by atoms with Crippen LogP contribution in [-0.4, -0.2) is 35.2 Å². The molecule has 32 heavy (non-hydrogen) atoms. The van der Waals surface area contributed by atoms with Crippen LogP contribution in [0, 0.1) is 0 Å². The second kappa shape index (κ2) is 9.65. The summed E-state index contributed by atoms with van der Waals surface area (Å²) in [5.74, 6) is 1.28. The Morgan fingerprint density at radius 3 is 2.41 bits per heavy atom. The molecule has 0 unspecified atom stereocenters. The van der Waals surface area contributed by atoms with Gasteiger partial charge in [0.05, 0.1) is 26.1 Å². The Hall–Kier alpha value is -4.33. The van der Waals surface area contributed by atoms with Crippen LogP contribution in [0.5, 0.6) is 11.5 Å². The molecule has 0 bridgehead atoms. The van der Waals surface area contributed by atoms with Gasteiger partial charge >= 0.3 is 6.03 Å². The molecule has 0 saturated heterocycles. The molecule has 0 radical (unpaired) electrons. The fraction of sp³-hybridized carbons (Fsp3) is 0.125. The summed E-state index contributed by atoms with van der Waals surface area (Å²) in [4.78, 5) is 12.1. The highest BCUT2D eigenvalue weighted by Crippen LogP contribution is 2.31. The Balaban J connectivity index is 1.40. The van der Waals surface area contributed by atoms with Crippen molar-refractivity contribution in [1.82, 2.24) is 20.3 Å². The number of nitrogens with zero attached hydrogens (tertiary/aromatic N) is 3. The summed E-state index contributed by atoms with van der Waals surface area (Å²) in [6.45, 7) is 0.461. The van der Waals surface area contributed by atoms with Gasteiger partial charge in [0.15, 0.2) is 11.5 Å². The lowest BCUT2D eigenvalue weighted by Crippen LogP contribution is -2.28. The molecular weight excluding hydrogens is 406 g/mol. The number of benzene rings is 3. The average molecular weight is 429 g/mol. The molecule has 4 rings (SSSR count). The summed E-state index contributed by atoms with van der Waals surface area (Å²) in [7, 11) is 3.19. The highest BCUT2D eigenvalue weighted by Gasteiger charge is 2.10. The molecule has 1 aromatic heterocycles. The quantitative estimate of drug-likeness (QED) is 0.458. The first-order chi connectivity index (χ1) is 15.7. The fourth-order valence-electron chi connectivity index (χ4n) is 3.17. The molecule has 8 nitrogen and oxygen atoms in total. The summed E-state index contributed by atoms with van der Waals surface area (Å²) < 4.78 is 12.3. The molecule has 2 N–H and O–H groups in total. The smallest absolute Gasteiger partial charge is 0.319 e. The third-order valence-electron chi connectivity index (χ3n) is 4.86. The van der Waals surface area contributed by atoms with Gasteiger partial charge in [-0.3, -0.25) is 0 Å². The van der Waals surface area contributed by atoms with Gasteiger partial charge in [0.1, 0.15) is 5.69 Å². The first-order valence-electron chi connectivity index (χ1n) is 10.0. The molecule has 162 valence electrons. The van der Waals surface area contributed by atoms with Gasteiger partial charge in [0.25, 0.3) is 0 Å². The molecule has 0 aliphatic carbocycles. The van der Waals surface area contributed by atoms with Crippen molar-refractivity contribution < 1.29 is 14.3 Å². The zero-order chi connectivity index (χ0) is 22.3. The van der Waals surface area contributed by atoms with Crippen molar-refractivity contribution in [2.45, 2.75) is 6.54 Å². The highest BCUT2D eigenvalue weighted by atomic mass is 16.5. The molecule has 4 aromatic rings. The van der Waals surface area contributed by atoms with E-state index in [4.69, 9.17) is 9.47 Å². The SMILES string of the molecule is COc1ccc(-c2cn(-c3ccc(NC(=O)NCc4ccccc4)cc3)nn2)cc1OC. The predicted octanol–water partition coefficient (Wildman–Crippen LogP) is 4.27. The zero-order valence-corrected chi connectivity index (χ0v) is 17.8. The molecule has 0 aliphatic heterocycles. The maximum atomic E-state index is 12.1. The minimum Gasteiger partial charge on any atom is -0.493 e. The number of hydrogen-bond acceptors (Lipinski definition) is 5. The van der Waals surface area contributed by atoms with Crippen molar-refractivity contribution in [2.75, 3.05) is 19.5 Å². The Kier molecular flexibility index (Phi) is 6.31. The minimum absolute atomic E-state index is 0.266. The van der Waals surface area contributed by atoms with Gasteiger partial charge in [-0.2, -0.15) is 0 Å². The first-order valence-corrected chi connectivity index (χ1v) is 10.0. The monoisotopic (exact) mass is 429 g/mol. The number of ether oxygens (including phenoxy) is 2. The van der Waals surface area contributed by atoms with E-state index in [-0.39, 0.29) is 6.03 Å². The third kappa shape index (κ3) is 4.86. The number of anilines is 1. The number of hydrogen-bond donors (Lipinski definition) is 2. The molecule has 0 spiro atoms. The number of rotatable bonds is 7. The number of carbonyl (C=O) groups excluding carboxylic acids is 1. The van der Waals surface area contributed by atoms with Crippen molar-refractivity contribution >= 4 is 11.7 Å².